The first-order chi connectivity index (χ1) is 8.20. The lowest BCUT2D eigenvalue weighted by atomic mass is 10.0. The Balaban J connectivity index is 1.63. The van der Waals surface area contributed by atoms with Crippen LogP contribution in [0.15, 0.2) is 0 Å². The summed E-state index contributed by atoms with van der Waals surface area (Å²) < 4.78 is 4.80. The van der Waals surface area contributed by atoms with Crippen LogP contribution in [0.1, 0.15) is 25.7 Å². The molecule has 5 atom stereocenters. The first-order valence-corrected chi connectivity index (χ1v) is 7.28. The molecule has 0 aliphatic carbocycles. The molecule has 0 spiro atoms. The molecule has 0 aromatic heterocycles. The molecule has 2 aliphatic heterocycles. The summed E-state index contributed by atoms with van der Waals surface area (Å²) in [6.07, 6.45) is 2.76. The number of rotatable bonds is 6. The van der Waals surface area contributed by atoms with E-state index in [1.807, 2.05) is 11.8 Å². The number of fused-ring (bicyclic) bond motifs is 1. The van der Waals surface area contributed by atoms with Crippen molar-refractivity contribution in [3.05, 3.63) is 0 Å². The highest BCUT2D eigenvalue weighted by atomic mass is 32.2. The predicted molar refractivity (Wildman–Crippen MR) is 67.6 cm³/mol. The van der Waals surface area contributed by atoms with Crippen LogP contribution in [0, 0.1) is 0 Å². The van der Waals surface area contributed by atoms with Crippen LogP contribution in [0.2, 0.25) is 0 Å². The minimum Gasteiger partial charge on any atom is -0.368 e. The number of thioether (sulfide) groups is 1. The van der Waals surface area contributed by atoms with Crippen molar-refractivity contribution < 1.29 is 14.9 Å². The van der Waals surface area contributed by atoms with Gasteiger partial charge in [-0.25, -0.2) is 0 Å². The normalized spacial score (nSPS) is 38.3. The van der Waals surface area contributed by atoms with E-state index in [4.69, 9.17) is 4.74 Å². The molecule has 2 heterocycles. The SMILES string of the molecule is COC(O)CCCC[C@H]1SC[C@H]2NC(O)N[C@H]21. The number of methoxy groups -OCH3 is 1. The van der Waals surface area contributed by atoms with Crippen LogP contribution in [-0.4, -0.2) is 53.1 Å². The average Bonchev–Trinajstić information content (AvgIpc) is 2.84. The molecule has 6 heteroatoms. The fourth-order valence-corrected chi connectivity index (χ4v) is 4.11. The second-order valence-corrected chi connectivity index (χ2v) is 5.99. The molecule has 0 amide bonds. The van der Waals surface area contributed by atoms with Crippen LogP contribution < -0.4 is 10.6 Å². The van der Waals surface area contributed by atoms with Gasteiger partial charge in [0.15, 0.2) is 12.6 Å². The maximum Gasteiger partial charge on any atom is 0.161 e. The Morgan fingerprint density at radius 1 is 1.41 bits per heavy atom. The molecule has 0 aromatic rings. The number of aliphatic hydroxyl groups excluding tert-OH is 2. The van der Waals surface area contributed by atoms with Gasteiger partial charge in [-0.3, -0.25) is 10.6 Å². The van der Waals surface area contributed by atoms with E-state index in [0.29, 0.717) is 23.8 Å². The second kappa shape index (κ2) is 6.36. The Hall–Kier alpha value is 0.150. The third-order valence-electron chi connectivity index (χ3n) is 3.51. The van der Waals surface area contributed by atoms with Crippen LogP contribution >= 0.6 is 11.8 Å². The van der Waals surface area contributed by atoms with Crippen molar-refractivity contribution in [2.24, 2.45) is 0 Å². The van der Waals surface area contributed by atoms with Gasteiger partial charge in [0.1, 0.15) is 0 Å². The van der Waals surface area contributed by atoms with Crippen molar-refractivity contribution in [3.63, 3.8) is 0 Å². The largest absolute Gasteiger partial charge is 0.368 e. The van der Waals surface area contributed by atoms with E-state index in [9.17, 15) is 10.2 Å². The lowest BCUT2D eigenvalue weighted by Crippen LogP contribution is -2.37. The number of hydrogen-bond acceptors (Lipinski definition) is 6. The van der Waals surface area contributed by atoms with Crippen LogP contribution in [0.5, 0.6) is 0 Å². The second-order valence-electron chi connectivity index (χ2n) is 4.71. The Morgan fingerprint density at radius 3 is 3.00 bits per heavy atom. The van der Waals surface area contributed by atoms with Crippen molar-refractivity contribution in [2.75, 3.05) is 12.9 Å². The molecule has 0 aromatic carbocycles. The van der Waals surface area contributed by atoms with Gasteiger partial charge in [-0.2, -0.15) is 11.8 Å². The zero-order valence-electron chi connectivity index (χ0n) is 10.1. The molecular weight excluding hydrogens is 240 g/mol. The number of aliphatic hydroxyl groups is 2. The van der Waals surface area contributed by atoms with E-state index in [-0.39, 0.29) is 0 Å². The molecule has 2 unspecified atom stereocenters. The van der Waals surface area contributed by atoms with Crippen molar-refractivity contribution in [1.82, 2.24) is 10.6 Å². The van der Waals surface area contributed by atoms with Crippen LogP contribution in [0.3, 0.4) is 0 Å². The smallest absolute Gasteiger partial charge is 0.161 e. The van der Waals surface area contributed by atoms with Gasteiger partial charge in [-0.1, -0.05) is 6.42 Å². The predicted octanol–water partition coefficient (Wildman–Crippen LogP) is -0.167. The molecule has 2 saturated heterocycles. The monoisotopic (exact) mass is 262 g/mol. The summed E-state index contributed by atoms with van der Waals surface area (Å²) in [5, 5.41) is 25.6. The molecule has 2 fully saturated rings. The topological polar surface area (TPSA) is 73.8 Å². The summed E-state index contributed by atoms with van der Waals surface area (Å²) in [7, 11) is 1.53. The number of ether oxygens (including phenoxy) is 1. The summed E-state index contributed by atoms with van der Waals surface area (Å²) in [5.74, 6) is 1.07. The third-order valence-corrected chi connectivity index (χ3v) is 5.02. The summed E-state index contributed by atoms with van der Waals surface area (Å²) in [6.45, 7) is 0. The van der Waals surface area contributed by atoms with Crippen molar-refractivity contribution in [1.29, 1.82) is 0 Å². The Morgan fingerprint density at radius 2 is 2.24 bits per heavy atom. The van der Waals surface area contributed by atoms with Crippen molar-refractivity contribution in [3.8, 4) is 0 Å². The molecular formula is C11H22N2O3S. The average molecular weight is 262 g/mol. The first kappa shape index (κ1) is 13.6. The Kier molecular flexibility index (Phi) is 5.08. The molecule has 2 aliphatic rings. The Labute approximate surface area is 106 Å². The summed E-state index contributed by atoms with van der Waals surface area (Å²) in [5.41, 5.74) is 0. The molecule has 100 valence electrons. The van der Waals surface area contributed by atoms with Crippen LogP contribution in [0.4, 0.5) is 0 Å². The van der Waals surface area contributed by atoms with Gasteiger partial charge in [-0.05, 0) is 19.3 Å². The molecule has 0 radical (unpaired) electrons. The van der Waals surface area contributed by atoms with Gasteiger partial charge in [0, 0.05) is 30.2 Å². The fourth-order valence-electron chi connectivity index (χ4n) is 2.55. The van der Waals surface area contributed by atoms with Gasteiger partial charge in [0.25, 0.3) is 0 Å². The van der Waals surface area contributed by atoms with Crippen LogP contribution in [-0.2, 0) is 4.74 Å². The standard InChI is InChI=1S/C11H22N2O3S/c1-16-9(14)5-3-2-4-8-10-7(6-17-8)12-11(15)13-10/h7-15H,2-6H2,1H3/t7-,8-,9?,10-,11?/m1/s1. The molecule has 17 heavy (non-hydrogen) atoms. The van der Waals surface area contributed by atoms with E-state index >= 15 is 0 Å². The fraction of sp³-hybridized carbons (Fsp3) is 1.00. The molecule has 2 rings (SSSR count). The first-order valence-electron chi connectivity index (χ1n) is 6.23. The summed E-state index contributed by atoms with van der Waals surface area (Å²) in [6, 6.07) is 0.798. The van der Waals surface area contributed by atoms with Crippen molar-refractivity contribution >= 4 is 11.8 Å². The quantitative estimate of drug-likeness (QED) is 0.393. The Bertz CT molecular complexity index is 245. The van der Waals surface area contributed by atoms with E-state index in [0.717, 1.165) is 25.0 Å². The molecule has 0 bridgehead atoms. The minimum atomic E-state index is -0.618. The lowest BCUT2D eigenvalue weighted by Gasteiger charge is -2.17. The molecule has 0 saturated carbocycles. The van der Waals surface area contributed by atoms with Crippen LogP contribution in [0.25, 0.3) is 0 Å². The maximum atomic E-state index is 9.45. The van der Waals surface area contributed by atoms with E-state index in [1.165, 1.54) is 7.11 Å². The zero-order chi connectivity index (χ0) is 12.3. The number of hydrogen-bond donors (Lipinski definition) is 4. The highest BCUT2D eigenvalue weighted by Gasteiger charge is 2.42. The van der Waals surface area contributed by atoms with E-state index in [1.54, 1.807) is 0 Å². The molecule has 4 N–H and O–H groups in total. The van der Waals surface area contributed by atoms with Crippen molar-refractivity contribution in [2.45, 2.75) is 55.7 Å². The van der Waals surface area contributed by atoms with Gasteiger partial charge < -0.3 is 14.9 Å². The lowest BCUT2D eigenvalue weighted by molar-refractivity contribution is -0.0793. The third kappa shape index (κ3) is 3.56. The number of unbranched alkanes of at least 4 members (excludes halogenated alkanes) is 1. The van der Waals surface area contributed by atoms with Gasteiger partial charge >= 0.3 is 0 Å². The molecule has 5 nitrogen and oxygen atoms in total. The van der Waals surface area contributed by atoms with Gasteiger partial charge in [-0.15, -0.1) is 0 Å². The minimum absolute atomic E-state index is 0.391. The summed E-state index contributed by atoms with van der Waals surface area (Å²) >= 11 is 1.97. The van der Waals surface area contributed by atoms with Gasteiger partial charge in [0.2, 0.25) is 0 Å². The summed E-state index contributed by atoms with van der Waals surface area (Å²) in [4.78, 5) is 0. The number of nitrogens with one attached hydrogen (secondary N) is 2. The zero-order valence-corrected chi connectivity index (χ0v) is 10.9. The van der Waals surface area contributed by atoms with Gasteiger partial charge in [0.05, 0.1) is 0 Å². The highest BCUT2D eigenvalue weighted by molar-refractivity contribution is 8.00. The van der Waals surface area contributed by atoms with E-state index in [2.05, 4.69) is 10.6 Å². The van der Waals surface area contributed by atoms with E-state index < -0.39 is 12.6 Å². The highest BCUT2D eigenvalue weighted by Crippen LogP contribution is 2.33. The maximum absolute atomic E-state index is 9.45.